The Morgan fingerprint density at radius 1 is 1.20 bits per heavy atom. The van der Waals surface area contributed by atoms with Crippen molar-refractivity contribution in [1.82, 2.24) is 14.6 Å². The minimum absolute atomic E-state index is 0.0729. The lowest BCUT2D eigenvalue weighted by Gasteiger charge is -2.09. The molecule has 1 aromatic carbocycles. The van der Waals surface area contributed by atoms with Crippen molar-refractivity contribution in [3.05, 3.63) is 52.4 Å². The average Bonchev–Trinajstić information content (AvgIpc) is 3.34. The van der Waals surface area contributed by atoms with E-state index in [4.69, 9.17) is 0 Å². The van der Waals surface area contributed by atoms with E-state index < -0.39 is 0 Å². The molecule has 0 spiro atoms. The van der Waals surface area contributed by atoms with Crippen LogP contribution in [-0.2, 0) is 17.6 Å². The van der Waals surface area contributed by atoms with E-state index in [0.717, 1.165) is 53.0 Å². The Labute approximate surface area is 181 Å². The normalized spacial score (nSPS) is 13.3. The van der Waals surface area contributed by atoms with Gasteiger partial charge >= 0.3 is 0 Å². The van der Waals surface area contributed by atoms with Gasteiger partial charge in [-0.3, -0.25) is 9.20 Å². The summed E-state index contributed by atoms with van der Waals surface area (Å²) in [5.41, 5.74) is 3.64. The number of benzene rings is 1. The predicted molar refractivity (Wildman–Crippen MR) is 120 cm³/mol. The van der Waals surface area contributed by atoms with Gasteiger partial charge < -0.3 is 5.32 Å². The lowest BCUT2D eigenvalue weighted by Crippen LogP contribution is -2.12. The van der Waals surface area contributed by atoms with Crippen LogP contribution in [0.25, 0.3) is 16.6 Å². The summed E-state index contributed by atoms with van der Waals surface area (Å²) in [6.45, 7) is 0. The number of nitriles is 1. The van der Waals surface area contributed by atoms with Crippen LogP contribution < -0.4 is 5.32 Å². The van der Waals surface area contributed by atoms with E-state index in [2.05, 4.69) is 27.6 Å². The second-order valence-electron chi connectivity index (χ2n) is 7.24. The first kappa shape index (κ1) is 19.1. The highest BCUT2D eigenvalue weighted by Gasteiger charge is 2.21. The van der Waals surface area contributed by atoms with Crippen LogP contribution >= 0.6 is 23.1 Å². The van der Waals surface area contributed by atoms with Gasteiger partial charge in [-0.25, -0.2) is 0 Å². The Morgan fingerprint density at radius 2 is 2.07 bits per heavy atom. The average molecular weight is 434 g/mol. The molecule has 1 aliphatic carbocycles. The molecule has 5 rings (SSSR count). The van der Waals surface area contributed by atoms with E-state index in [-0.39, 0.29) is 5.91 Å². The zero-order valence-corrected chi connectivity index (χ0v) is 17.9. The zero-order chi connectivity index (χ0) is 20.5. The fourth-order valence-electron chi connectivity index (χ4n) is 3.90. The Kier molecular flexibility index (Phi) is 5.15. The number of aromatic nitrogens is 3. The highest BCUT2D eigenvalue weighted by molar-refractivity contribution is 7.99. The summed E-state index contributed by atoms with van der Waals surface area (Å²) in [5.74, 6) is 0.513. The quantitative estimate of drug-likeness (QED) is 0.457. The van der Waals surface area contributed by atoms with Gasteiger partial charge in [-0.05, 0) is 54.8 Å². The number of amides is 1. The molecule has 0 bridgehead atoms. The number of carbonyl (C=O) groups is 1. The second kappa shape index (κ2) is 8.09. The maximum absolute atomic E-state index is 12.5. The van der Waals surface area contributed by atoms with Crippen LogP contribution in [0.15, 0.2) is 41.6 Å². The van der Waals surface area contributed by atoms with Gasteiger partial charge in [0.2, 0.25) is 5.91 Å². The summed E-state index contributed by atoms with van der Waals surface area (Å²) in [5, 5.41) is 23.7. The van der Waals surface area contributed by atoms with Gasteiger partial charge in [0.25, 0.3) is 0 Å². The highest BCUT2D eigenvalue weighted by Crippen LogP contribution is 2.37. The fraction of sp³-hybridized carbons (Fsp3) is 0.273. The van der Waals surface area contributed by atoms with Gasteiger partial charge in [0.1, 0.15) is 11.1 Å². The van der Waals surface area contributed by atoms with Crippen molar-refractivity contribution < 1.29 is 4.79 Å². The van der Waals surface area contributed by atoms with Crippen LogP contribution in [0, 0.1) is 11.3 Å². The van der Waals surface area contributed by atoms with Crippen molar-refractivity contribution >= 4 is 50.6 Å². The van der Waals surface area contributed by atoms with Crippen molar-refractivity contribution in [3.8, 4) is 6.07 Å². The molecule has 1 N–H and O–H groups in total. The molecule has 6 nitrogen and oxygen atoms in total. The van der Waals surface area contributed by atoms with Crippen molar-refractivity contribution in [3.63, 3.8) is 0 Å². The summed E-state index contributed by atoms with van der Waals surface area (Å²) < 4.78 is 2.03. The van der Waals surface area contributed by atoms with E-state index in [1.54, 1.807) is 11.3 Å². The van der Waals surface area contributed by atoms with Crippen LogP contribution in [0.3, 0.4) is 0 Å². The number of fused-ring (bicyclic) bond motifs is 4. The van der Waals surface area contributed by atoms with Gasteiger partial charge in [-0.15, -0.1) is 21.5 Å². The van der Waals surface area contributed by atoms with Gasteiger partial charge in [0.15, 0.2) is 10.8 Å². The van der Waals surface area contributed by atoms with Gasteiger partial charge in [0, 0.05) is 17.1 Å². The molecule has 0 radical (unpaired) electrons. The molecule has 1 aliphatic rings. The summed E-state index contributed by atoms with van der Waals surface area (Å²) in [7, 11) is 0. The maximum Gasteiger partial charge on any atom is 0.225 e. The van der Waals surface area contributed by atoms with Crippen molar-refractivity contribution in [2.45, 2.75) is 37.3 Å². The lowest BCUT2D eigenvalue weighted by atomic mass is 9.96. The number of thiophene rings is 1. The lowest BCUT2D eigenvalue weighted by molar-refractivity contribution is -0.115. The molecular weight excluding hydrogens is 414 g/mol. The second-order valence-corrected chi connectivity index (χ2v) is 9.41. The van der Waals surface area contributed by atoms with Crippen LogP contribution in [-0.4, -0.2) is 26.3 Å². The summed E-state index contributed by atoms with van der Waals surface area (Å²) in [4.78, 5) is 13.8. The zero-order valence-electron chi connectivity index (χ0n) is 16.2. The number of rotatable bonds is 5. The first-order valence-corrected chi connectivity index (χ1v) is 11.7. The molecule has 0 atom stereocenters. The minimum atomic E-state index is -0.0729. The standard InChI is InChI=1S/C22H19N5OS2/c23-13-16-15-6-2-4-8-18(15)30-21(16)24-20(28)11-12-29-22-26-25-19-10-9-14-5-1-3-7-17(14)27(19)22/h1,3,5,7,9-10H,2,4,6,8,11-12H2,(H,24,28). The third-order valence-corrected chi connectivity index (χ3v) is 7.48. The van der Waals surface area contributed by atoms with Crippen LogP contribution in [0.1, 0.15) is 35.3 Å². The number of hydrogen-bond donors (Lipinski definition) is 1. The smallest absolute Gasteiger partial charge is 0.225 e. The van der Waals surface area contributed by atoms with Gasteiger partial charge in [-0.2, -0.15) is 5.26 Å². The van der Waals surface area contributed by atoms with Gasteiger partial charge in [-0.1, -0.05) is 30.0 Å². The van der Waals surface area contributed by atoms with E-state index >= 15 is 0 Å². The minimum Gasteiger partial charge on any atom is -0.317 e. The number of nitrogens with zero attached hydrogens (tertiary/aromatic N) is 4. The molecule has 30 heavy (non-hydrogen) atoms. The monoisotopic (exact) mass is 433 g/mol. The molecule has 0 saturated heterocycles. The number of anilines is 1. The maximum atomic E-state index is 12.5. The summed E-state index contributed by atoms with van der Waals surface area (Å²) in [6.07, 6.45) is 4.56. The van der Waals surface area contributed by atoms with Crippen LogP contribution in [0.4, 0.5) is 5.00 Å². The Hall–Kier alpha value is -2.89. The number of thioether (sulfide) groups is 1. The molecule has 3 aromatic heterocycles. The largest absolute Gasteiger partial charge is 0.317 e. The van der Waals surface area contributed by atoms with Gasteiger partial charge in [0.05, 0.1) is 11.1 Å². The van der Waals surface area contributed by atoms with E-state index in [1.165, 1.54) is 16.6 Å². The number of pyridine rings is 1. The Balaban J connectivity index is 1.28. The molecule has 0 saturated carbocycles. The summed E-state index contributed by atoms with van der Waals surface area (Å²) in [6, 6.07) is 14.4. The highest BCUT2D eigenvalue weighted by atomic mass is 32.2. The van der Waals surface area contributed by atoms with Crippen molar-refractivity contribution in [1.29, 1.82) is 5.26 Å². The number of nitrogens with one attached hydrogen (secondary N) is 1. The number of carbonyl (C=O) groups excluding carboxylic acids is 1. The van der Waals surface area contributed by atoms with E-state index in [0.29, 0.717) is 22.7 Å². The van der Waals surface area contributed by atoms with Crippen molar-refractivity contribution in [2.75, 3.05) is 11.1 Å². The van der Waals surface area contributed by atoms with Crippen LogP contribution in [0.2, 0.25) is 0 Å². The molecule has 8 heteroatoms. The van der Waals surface area contributed by atoms with Crippen molar-refractivity contribution in [2.24, 2.45) is 0 Å². The third-order valence-electron chi connectivity index (χ3n) is 5.34. The number of para-hydroxylation sites is 1. The molecule has 3 heterocycles. The molecular formula is C22H19N5OS2. The number of hydrogen-bond acceptors (Lipinski definition) is 6. The molecule has 4 aromatic rings. The molecule has 0 fully saturated rings. The molecule has 0 unspecified atom stereocenters. The topological polar surface area (TPSA) is 83.1 Å². The van der Waals surface area contributed by atoms with E-state index in [9.17, 15) is 10.1 Å². The Bertz CT molecular complexity index is 1300. The van der Waals surface area contributed by atoms with Crippen LogP contribution in [0.5, 0.6) is 0 Å². The first-order valence-electron chi connectivity index (χ1n) is 9.95. The molecule has 150 valence electrons. The first-order chi connectivity index (χ1) is 14.7. The van der Waals surface area contributed by atoms with E-state index in [1.807, 2.05) is 34.7 Å². The molecule has 1 amide bonds. The predicted octanol–water partition coefficient (Wildman–Crippen LogP) is 4.82. The SMILES string of the molecule is N#Cc1c(NC(=O)CCSc2nnc3ccc4ccccc4n23)sc2c1CCCC2. The summed E-state index contributed by atoms with van der Waals surface area (Å²) >= 11 is 3.08. The third kappa shape index (κ3) is 3.44. The molecule has 0 aliphatic heterocycles. The Morgan fingerprint density at radius 3 is 2.97 bits per heavy atom. The fourth-order valence-corrected chi connectivity index (χ4v) is 6.05. The number of aryl methyl sites for hydroxylation is 1.